The number of likely N-dealkylation sites (tertiary alicyclic amines) is 1. The summed E-state index contributed by atoms with van der Waals surface area (Å²) < 4.78 is 11.2. The first-order valence-electron chi connectivity index (χ1n) is 11.9. The monoisotopic (exact) mass is 472 g/mol. The molecule has 9 heteroatoms. The van der Waals surface area contributed by atoms with Gasteiger partial charge in [0.05, 0.1) is 12.5 Å². The largest absolute Gasteiger partial charge is 0.377 e. The van der Waals surface area contributed by atoms with Gasteiger partial charge in [0.25, 0.3) is 0 Å². The summed E-state index contributed by atoms with van der Waals surface area (Å²) in [5, 5.41) is 0. The maximum absolute atomic E-state index is 14.1. The molecule has 3 fully saturated rings. The predicted octanol–water partition coefficient (Wildman–Crippen LogP) is 0.861. The topological polar surface area (TPSA) is 105 Å². The molecule has 3 saturated heterocycles. The molecule has 2 amide bonds. The lowest BCUT2D eigenvalue weighted by atomic mass is 9.73. The van der Waals surface area contributed by atoms with Crippen LogP contribution in [0.2, 0.25) is 0 Å². The van der Waals surface area contributed by atoms with Gasteiger partial charge in [-0.1, -0.05) is 20.8 Å². The summed E-state index contributed by atoms with van der Waals surface area (Å²) in [6.07, 6.45) is -0.831. The van der Waals surface area contributed by atoms with E-state index in [0.717, 1.165) is 31.9 Å². The zero-order valence-electron chi connectivity index (χ0n) is 20.7. The highest BCUT2D eigenvalue weighted by atomic mass is 16.5. The zero-order chi connectivity index (χ0) is 24.8. The fourth-order valence-electron chi connectivity index (χ4n) is 5.46. The van der Waals surface area contributed by atoms with Crippen LogP contribution in [0.5, 0.6) is 0 Å². The van der Waals surface area contributed by atoms with Crippen LogP contribution in [0.15, 0.2) is 18.2 Å². The van der Waals surface area contributed by atoms with Crippen molar-refractivity contribution in [3.8, 4) is 0 Å². The smallest absolute Gasteiger partial charge is 0.249 e. The van der Waals surface area contributed by atoms with Crippen molar-refractivity contribution in [2.75, 3.05) is 58.4 Å². The molecule has 1 aromatic carbocycles. The Hall–Kier alpha value is -2.49. The fraction of sp³-hybridized carbons (Fsp3) is 0.640. The molecular formula is C25H36N4O5. The Morgan fingerprint density at radius 3 is 2.44 bits per heavy atom. The molecule has 0 saturated carbocycles. The molecule has 1 aromatic rings. The number of fused-ring (bicyclic) bond motifs is 1. The van der Waals surface area contributed by atoms with Crippen LogP contribution in [0, 0.1) is 5.41 Å². The molecule has 3 aliphatic heterocycles. The molecule has 9 nitrogen and oxygen atoms in total. The Kier molecular flexibility index (Phi) is 6.72. The molecule has 0 aromatic heterocycles. The SMILES string of the molecule is CO[C@@H]1CN(C(=O)[C@H](c2cc(N3CCN(C)CC3)ccc2C(N)=O)C(C)(C)C)[C@@H]2C(=O)CO[C@@H]21. The third kappa shape index (κ3) is 4.44. The highest BCUT2D eigenvalue weighted by Gasteiger charge is 2.54. The van der Waals surface area contributed by atoms with Crippen molar-refractivity contribution < 1.29 is 23.9 Å². The average Bonchev–Trinajstić information content (AvgIpc) is 3.33. The number of likely N-dealkylation sites (N-methyl/N-ethyl adjacent to an activating group) is 1. The summed E-state index contributed by atoms with van der Waals surface area (Å²) in [7, 11) is 3.66. The third-order valence-corrected chi connectivity index (χ3v) is 7.32. The Bertz CT molecular complexity index is 967. The van der Waals surface area contributed by atoms with E-state index in [2.05, 4.69) is 16.8 Å². The van der Waals surface area contributed by atoms with Crippen LogP contribution in [-0.2, 0) is 19.1 Å². The van der Waals surface area contributed by atoms with Gasteiger partial charge in [-0.25, -0.2) is 0 Å². The van der Waals surface area contributed by atoms with Gasteiger partial charge in [-0.15, -0.1) is 0 Å². The molecule has 0 unspecified atom stereocenters. The number of primary amides is 1. The minimum atomic E-state index is -0.674. The Morgan fingerprint density at radius 1 is 1.18 bits per heavy atom. The van der Waals surface area contributed by atoms with Gasteiger partial charge in [0.15, 0.2) is 5.78 Å². The first-order valence-corrected chi connectivity index (χ1v) is 11.9. The molecule has 0 bridgehead atoms. The third-order valence-electron chi connectivity index (χ3n) is 7.32. The first-order chi connectivity index (χ1) is 16.0. The summed E-state index contributed by atoms with van der Waals surface area (Å²) in [6.45, 7) is 9.75. The van der Waals surface area contributed by atoms with Crippen molar-refractivity contribution in [2.45, 2.75) is 44.9 Å². The number of ether oxygens (including phenoxy) is 2. The van der Waals surface area contributed by atoms with E-state index < -0.39 is 29.4 Å². The number of methoxy groups -OCH3 is 1. The van der Waals surface area contributed by atoms with Gasteiger partial charge >= 0.3 is 0 Å². The van der Waals surface area contributed by atoms with E-state index in [1.54, 1.807) is 18.1 Å². The van der Waals surface area contributed by atoms with E-state index in [0.29, 0.717) is 11.1 Å². The second-order valence-corrected chi connectivity index (χ2v) is 10.7. The number of Topliss-reactive ketones (excluding diaryl/α,β-unsaturated/α-hetero) is 1. The second-order valence-electron chi connectivity index (χ2n) is 10.7. The second kappa shape index (κ2) is 9.28. The fourth-order valence-corrected chi connectivity index (χ4v) is 5.46. The molecule has 2 N–H and O–H groups in total. The normalized spacial score (nSPS) is 26.6. The number of benzene rings is 1. The van der Waals surface area contributed by atoms with Crippen molar-refractivity contribution in [1.82, 2.24) is 9.80 Å². The van der Waals surface area contributed by atoms with Gasteiger partial charge in [0.1, 0.15) is 24.9 Å². The van der Waals surface area contributed by atoms with Gasteiger partial charge in [-0.2, -0.15) is 0 Å². The van der Waals surface area contributed by atoms with Gasteiger partial charge in [-0.3, -0.25) is 14.4 Å². The molecular weight excluding hydrogens is 436 g/mol. The number of nitrogens with zero attached hydrogens (tertiary/aromatic N) is 3. The molecule has 0 aliphatic carbocycles. The minimum absolute atomic E-state index is 0.0232. The van der Waals surface area contributed by atoms with Crippen molar-refractivity contribution in [1.29, 1.82) is 0 Å². The van der Waals surface area contributed by atoms with Crippen LogP contribution in [-0.4, -0.2) is 99.1 Å². The highest BCUT2D eigenvalue weighted by molar-refractivity contribution is 5.99. The van der Waals surface area contributed by atoms with Crippen LogP contribution >= 0.6 is 0 Å². The van der Waals surface area contributed by atoms with Gasteiger partial charge in [0, 0.05) is 44.5 Å². The Morgan fingerprint density at radius 2 is 1.85 bits per heavy atom. The molecule has 34 heavy (non-hydrogen) atoms. The van der Waals surface area contributed by atoms with Crippen LogP contribution in [0.25, 0.3) is 0 Å². The number of piperazine rings is 1. The minimum Gasteiger partial charge on any atom is -0.377 e. The number of hydrogen-bond acceptors (Lipinski definition) is 7. The van der Waals surface area contributed by atoms with Gasteiger partial charge < -0.3 is 29.9 Å². The predicted molar refractivity (Wildman–Crippen MR) is 128 cm³/mol. The van der Waals surface area contributed by atoms with E-state index in [9.17, 15) is 14.4 Å². The maximum Gasteiger partial charge on any atom is 0.249 e. The van der Waals surface area contributed by atoms with Gasteiger partial charge in [0.2, 0.25) is 11.8 Å². The van der Waals surface area contributed by atoms with Crippen LogP contribution in [0.1, 0.15) is 42.6 Å². The molecule has 0 radical (unpaired) electrons. The summed E-state index contributed by atoms with van der Waals surface area (Å²) in [5.74, 6) is -1.57. The van der Waals surface area contributed by atoms with E-state index in [-0.39, 0.29) is 30.9 Å². The number of hydrogen-bond donors (Lipinski definition) is 1. The number of ketones is 1. The van der Waals surface area contributed by atoms with Crippen molar-refractivity contribution in [3.05, 3.63) is 29.3 Å². The molecule has 3 heterocycles. The molecule has 186 valence electrons. The van der Waals surface area contributed by atoms with Crippen molar-refractivity contribution in [3.63, 3.8) is 0 Å². The number of nitrogens with two attached hydrogens (primary N) is 1. The Balaban J connectivity index is 1.75. The highest BCUT2D eigenvalue weighted by Crippen LogP contribution is 2.42. The lowest BCUT2D eigenvalue weighted by Crippen LogP contribution is -2.47. The van der Waals surface area contributed by atoms with Crippen molar-refractivity contribution in [2.24, 2.45) is 11.1 Å². The number of anilines is 1. The van der Waals surface area contributed by atoms with Gasteiger partial charge in [-0.05, 0) is 36.2 Å². The number of carbonyl (C=O) groups excluding carboxylic acids is 3. The summed E-state index contributed by atoms with van der Waals surface area (Å²) in [5.41, 5.74) is 7.13. The number of rotatable bonds is 5. The number of amides is 2. The number of carbonyl (C=O) groups is 3. The van der Waals surface area contributed by atoms with Crippen LogP contribution in [0.4, 0.5) is 5.69 Å². The standard InChI is InChI=1S/C25H36N4O5/c1-25(2,3)20(24(32)29-13-19(33-5)22-21(29)18(30)14-34-22)17-12-15(6-7-16(17)23(26)31)28-10-8-27(4)9-11-28/h6-7,12,19-22H,8-11,13-14H2,1-5H3,(H2,26,31)/t19-,20+,21-,22-/m1/s1. The van der Waals surface area contributed by atoms with E-state index in [1.165, 1.54) is 0 Å². The van der Waals surface area contributed by atoms with Crippen LogP contribution in [0.3, 0.4) is 0 Å². The van der Waals surface area contributed by atoms with Crippen molar-refractivity contribution >= 4 is 23.3 Å². The summed E-state index contributed by atoms with van der Waals surface area (Å²) >= 11 is 0. The summed E-state index contributed by atoms with van der Waals surface area (Å²) in [6, 6.07) is 4.90. The molecule has 0 spiro atoms. The molecule has 4 atom stereocenters. The first kappa shape index (κ1) is 24.6. The lowest BCUT2D eigenvalue weighted by Gasteiger charge is -2.37. The van der Waals surface area contributed by atoms with E-state index in [1.807, 2.05) is 32.9 Å². The summed E-state index contributed by atoms with van der Waals surface area (Å²) in [4.78, 5) is 45.4. The average molecular weight is 473 g/mol. The quantitative estimate of drug-likeness (QED) is 0.678. The van der Waals surface area contributed by atoms with E-state index >= 15 is 0 Å². The lowest BCUT2D eigenvalue weighted by molar-refractivity contribution is -0.140. The molecule has 4 rings (SSSR count). The van der Waals surface area contributed by atoms with E-state index in [4.69, 9.17) is 15.2 Å². The maximum atomic E-state index is 14.1. The Labute approximate surface area is 201 Å². The zero-order valence-corrected chi connectivity index (χ0v) is 20.7. The molecule has 3 aliphatic rings. The van der Waals surface area contributed by atoms with Crippen LogP contribution < -0.4 is 10.6 Å².